The fourth-order valence-corrected chi connectivity index (χ4v) is 3.71. The van der Waals surface area contributed by atoms with Gasteiger partial charge < -0.3 is 4.90 Å². The zero-order valence-corrected chi connectivity index (χ0v) is 14.1. The van der Waals surface area contributed by atoms with Crippen LogP contribution in [0.3, 0.4) is 0 Å². The second kappa shape index (κ2) is 5.61. The van der Waals surface area contributed by atoms with Gasteiger partial charge in [0, 0.05) is 29.3 Å². The van der Waals surface area contributed by atoms with Gasteiger partial charge in [-0.15, -0.1) is 0 Å². The molecule has 0 unspecified atom stereocenters. The Kier molecular flexibility index (Phi) is 4.36. The molecule has 0 N–H and O–H groups in total. The van der Waals surface area contributed by atoms with Gasteiger partial charge in [0.2, 0.25) is 0 Å². The van der Waals surface area contributed by atoms with E-state index in [0.29, 0.717) is 24.2 Å². The highest BCUT2D eigenvalue weighted by molar-refractivity contribution is 8.13. The second-order valence-corrected chi connectivity index (χ2v) is 8.91. The quantitative estimate of drug-likeness (QED) is 0.783. The molecule has 21 heavy (non-hydrogen) atoms. The van der Waals surface area contributed by atoms with Gasteiger partial charge in [0.25, 0.3) is 15.0 Å². The van der Waals surface area contributed by atoms with Crippen LogP contribution in [0.2, 0.25) is 0 Å². The zero-order chi connectivity index (χ0) is 15.8. The predicted octanol–water partition coefficient (Wildman–Crippen LogP) is 3.18. The van der Waals surface area contributed by atoms with E-state index in [-0.39, 0.29) is 16.2 Å². The van der Waals surface area contributed by atoms with E-state index in [1.807, 2.05) is 0 Å². The smallest absolute Gasteiger partial charge is 0.261 e. The Bertz CT molecular complexity index is 657. The molecule has 0 spiro atoms. The van der Waals surface area contributed by atoms with Crippen molar-refractivity contribution >= 4 is 25.6 Å². The summed E-state index contributed by atoms with van der Waals surface area (Å²) < 4.78 is 23.1. The molecule has 2 rings (SSSR count). The molecule has 1 aliphatic rings. The Morgan fingerprint density at radius 1 is 1.24 bits per heavy atom. The van der Waals surface area contributed by atoms with Crippen LogP contribution in [0.4, 0.5) is 0 Å². The first-order valence-electron chi connectivity index (χ1n) is 6.95. The number of likely N-dealkylation sites (tertiary alicyclic amines) is 1. The molecule has 116 valence electrons. The topological polar surface area (TPSA) is 54.5 Å². The fraction of sp³-hybridized carbons (Fsp3) is 0.533. The monoisotopic (exact) mass is 329 g/mol. The zero-order valence-electron chi connectivity index (χ0n) is 12.5. The summed E-state index contributed by atoms with van der Waals surface area (Å²) in [5.74, 6) is -0.132. The Morgan fingerprint density at radius 3 is 2.33 bits per heavy atom. The molecule has 1 amide bonds. The summed E-state index contributed by atoms with van der Waals surface area (Å²) in [5, 5.41) is 0. The van der Waals surface area contributed by atoms with Crippen molar-refractivity contribution in [3.63, 3.8) is 0 Å². The van der Waals surface area contributed by atoms with Crippen molar-refractivity contribution in [2.45, 2.75) is 38.5 Å². The molecule has 0 aliphatic carbocycles. The molecule has 1 aromatic rings. The molecule has 1 saturated heterocycles. The molecule has 1 fully saturated rings. The fourth-order valence-electron chi connectivity index (χ4n) is 2.49. The van der Waals surface area contributed by atoms with E-state index in [9.17, 15) is 13.2 Å². The summed E-state index contributed by atoms with van der Waals surface area (Å²) in [6, 6.07) is 4.65. The van der Waals surface area contributed by atoms with Crippen LogP contribution in [0.1, 0.15) is 42.6 Å². The predicted molar refractivity (Wildman–Crippen MR) is 83.1 cm³/mol. The molecular weight excluding hydrogens is 310 g/mol. The third-order valence-electron chi connectivity index (χ3n) is 4.10. The van der Waals surface area contributed by atoms with E-state index in [1.54, 1.807) is 24.0 Å². The Morgan fingerprint density at radius 2 is 1.81 bits per heavy atom. The average molecular weight is 330 g/mol. The Balaban J connectivity index is 2.25. The summed E-state index contributed by atoms with van der Waals surface area (Å²) in [6.45, 7) is 7.44. The summed E-state index contributed by atoms with van der Waals surface area (Å²) in [6.07, 6.45) is 1.90. The maximum absolute atomic E-state index is 12.5. The lowest BCUT2D eigenvalue weighted by Crippen LogP contribution is -2.41. The van der Waals surface area contributed by atoms with Gasteiger partial charge in [-0.25, -0.2) is 8.42 Å². The number of carbonyl (C=O) groups is 1. The number of aryl methyl sites for hydroxylation is 1. The molecule has 1 aliphatic heterocycles. The Hall–Kier alpha value is -1.07. The third kappa shape index (κ3) is 3.77. The maximum Gasteiger partial charge on any atom is 0.261 e. The van der Waals surface area contributed by atoms with Crippen molar-refractivity contribution < 1.29 is 13.2 Å². The third-order valence-corrected chi connectivity index (χ3v) is 5.57. The molecule has 6 heteroatoms. The van der Waals surface area contributed by atoms with E-state index in [1.165, 1.54) is 6.07 Å². The van der Waals surface area contributed by atoms with Crippen molar-refractivity contribution in [3.05, 3.63) is 29.3 Å². The summed E-state index contributed by atoms with van der Waals surface area (Å²) in [4.78, 5) is 14.3. The van der Waals surface area contributed by atoms with Gasteiger partial charge in [-0.2, -0.15) is 0 Å². The number of nitrogens with zero attached hydrogens (tertiary/aromatic N) is 1. The lowest BCUT2D eigenvalue weighted by molar-refractivity contribution is 0.0630. The molecular formula is C15H20ClNO3S. The van der Waals surface area contributed by atoms with E-state index < -0.39 is 9.05 Å². The van der Waals surface area contributed by atoms with Gasteiger partial charge in [0.15, 0.2) is 0 Å². The van der Waals surface area contributed by atoms with Crippen LogP contribution in [0, 0.1) is 12.3 Å². The van der Waals surface area contributed by atoms with E-state index in [0.717, 1.165) is 12.8 Å². The highest BCUT2D eigenvalue weighted by Crippen LogP contribution is 2.30. The molecule has 4 nitrogen and oxygen atoms in total. The van der Waals surface area contributed by atoms with Crippen molar-refractivity contribution in [3.8, 4) is 0 Å². The molecule has 0 bridgehead atoms. The lowest BCUT2D eigenvalue weighted by Gasteiger charge is -2.37. The van der Waals surface area contributed by atoms with Gasteiger partial charge in [-0.1, -0.05) is 19.9 Å². The van der Waals surface area contributed by atoms with Crippen molar-refractivity contribution in [2.24, 2.45) is 5.41 Å². The van der Waals surface area contributed by atoms with Crippen LogP contribution in [0.25, 0.3) is 0 Å². The van der Waals surface area contributed by atoms with Crippen LogP contribution >= 0.6 is 10.7 Å². The largest absolute Gasteiger partial charge is 0.339 e. The molecule has 0 aromatic heterocycles. The van der Waals surface area contributed by atoms with Crippen molar-refractivity contribution in [2.75, 3.05) is 13.1 Å². The summed E-state index contributed by atoms with van der Waals surface area (Å²) >= 11 is 0. The first-order valence-corrected chi connectivity index (χ1v) is 9.26. The summed E-state index contributed by atoms with van der Waals surface area (Å²) in [5.41, 5.74) is 1.18. The van der Waals surface area contributed by atoms with Gasteiger partial charge in [-0.3, -0.25) is 4.79 Å². The number of benzene rings is 1. The molecule has 1 aromatic carbocycles. The molecule has 0 atom stereocenters. The van der Waals surface area contributed by atoms with E-state index in [2.05, 4.69) is 13.8 Å². The minimum absolute atomic E-state index is 0.00681. The van der Waals surface area contributed by atoms with Crippen LogP contribution in [-0.2, 0) is 9.05 Å². The second-order valence-electron chi connectivity index (χ2n) is 6.37. The van der Waals surface area contributed by atoms with Crippen LogP contribution in [-0.4, -0.2) is 32.3 Å². The van der Waals surface area contributed by atoms with Gasteiger partial charge in [-0.05, 0) is 42.9 Å². The molecule has 0 radical (unpaired) electrons. The minimum Gasteiger partial charge on any atom is -0.339 e. The average Bonchev–Trinajstić information content (AvgIpc) is 2.37. The van der Waals surface area contributed by atoms with Gasteiger partial charge in [0.1, 0.15) is 0 Å². The van der Waals surface area contributed by atoms with Gasteiger partial charge >= 0.3 is 0 Å². The normalized spacial score (nSPS) is 18.6. The lowest BCUT2D eigenvalue weighted by atomic mass is 9.82. The van der Waals surface area contributed by atoms with Crippen molar-refractivity contribution in [1.29, 1.82) is 0 Å². The number of piperidine rings is 1. The molecule has 0 saturated carbocycles. The SMILES string of the molecule is Cc1ccc(C(=O)N2CCC(C)(C)CC2)cc1S(=O)(=O)Cl. The highest BCUT2D eigenvalue weighted by atomic mass is 35.7. The summed E-state index contributed by atoms with van der Waals surface area (Å²) in [7, 11) is 1.57. The number of rotatable bonds is 2. The highest BCUT2D eigenvalue weighted by Gasteiger charge is 2.28. The van der Waals surface area contributed by atoms with Gasteiger partial charge in [0.05, 0.1) is 4.90 Å². The van der Waals surface area contributed by atoms with Crippen LogP contribution in [0.5, 0.6) is 0 Å². The first kappa shape index (κ1) is 16.3. The van der Waals surface area contributed by atoms with E-state index in [4.69, 9.17) is 10.7 Å². The standard InChI is InChI=1S/C15H20ClNO3S/c1-11-4-5-12(10-13(11)21(16,19)20)14(18)17-8-6-15(2,3)7-9-17/h4-5,10H,6-9H2,1-3H3. The number of halogens is 1. The maximum atomic E-state index is 12.5. The minimum atomic E-state index is -3.84. The van der Waals surface area contributed by atoms with Crippen molar-refractivity contribution in [1.82, 2.24) is 4.90 Å². The number of hydrogen-bond donors (Lipinski definition) is 0. The van der Waals surface area contributed by atoms with Crippen LogP contribution in [0.15, 0.2) is 23.1 Å². The number of amides is 1. The first-order chi connectivity index (χ1) is 9.60. The number of carbonyl (C=O) groups excluding carboxylic acids is 1. The van der Waals surface area contributed by atoms with Crippen LogP contribution < -0.4 is 0 Å². The molecule has 1 heterocycles. The van der Waals surface area contributed by atoms with E-state index >= 15 is 0 Å². The Labute approximate surface area is 130 Å². The number of hydrogen-bond acceptors (Lipinski definition) is 3.